The highest BCUT2D eigenvalue weighted by atomic mass is 16.2. The molecule has 6 heteroatoms. The summed E-state index contributed by atoms with van der Waals surface area (Å²) in [5, 5.41) is 9.84. The third kappa shape index (κ3) is 3.65. The largest absolute Gasteiger partial charge is 0.387 e. The summed E-state index contributed by atoms with van der Waals surface area (Å²) < 4.78 is 0. The lowest BCUT2D eigenvalue weighted by Crippen LogP contribution is -2.33. The van der Waals surface area contributed by atoms with Crippen LogP contribution in [0.15, 0.2) is 30.6 Å². The molecule has 2 aromatic rings. The first-order valence-corrected chi connectivity index (χ1v) is 7.24. The molecule has 0 aliphatic rings. The molecule has 0 saturated carbocycles. The molecule has 1 aromatic carbocycles. The van der Waals surface area contributed by atoms with E-state index in [9.17, 15) is 4.79 Å². The van der Waals surface area contributed by atoms with Crippen molar-refractivity contribution in [2.24, 2.45) is 0 Å². The van der Waals surface area contributed by atoms with E-state index < -0.39 is 0 Å². The Morgan fingerprint density at radius 3 is 2.59 bits per heavy atom. The Balaban J connectivity index is 2.27. The first kappa shape index (κ1) is 16.0. The van der Waals surface area contributed by atoms with E-state index in [-0.39, 0.29) is 5.91 Å². The number of likely N-dealkylation sites (N-methyl/N-ethyl adjacent to an activating group) is 2. The average Bonchev–Trinajstić information content (AvgIpc) is 3.05. The number of aromatic nitrogens is 2. The molecule has 0 unspecified atom stereocenters. The van der Waals surface area contributed by atoms with E-state index in [1.165, 1.54) is 0 Å². The van der Waals surface area contributed by atoms with Gasteiger partial charge in [0.25, 0.3) is 5.91 Å². The fourth-order valence-electron chi connectivity index (χ4n) is 2.18. The molecule has 6 nitrogen and oxygen atoms in total. The van der Waals surface area contributed by atoms with Gasteiger partial charge in [0.1, 0.15) is 0 Å². The summed E-state index contributed by atoms with van der Waals surface area (Å²) in [5.41, 5.74) is 3.43. The van der Waals surface area contributed by atoms with Gasteiger partial charge >= 0.3 is 0 Å². The predicted octanol–water partition coefficient (Wildman–Crippen LogP) is 1.75. The monoisotopic (exact) mass is 301 g/mol. The molecule has 1 heterocycles. The number of aromatic amines is 1. The highest BCUT2D eigenvalue weighted by Crippen LogP contribution is 2.25. The third-order valence-electron chi connectivity index (χ3n) is 3.58. The zero-order valence-corrected chi connectivity index (χ0v) is 13.6. The SMILES string of the molecule is CNc1ccc(-c2cn[nH]c2)cc1C(=O)N(C)CCN(C)C. The normalized spacial score (nSPS) is 10.8. The standard InChI is InChI=1S/C16H23N5O/c1-17-15-6-5-12(13-10-18-19-11-13)9-14(15)16(22)21(4)8-7-20(2)3/h5-6,9-11,17H,7-8H2,1-4H3,(H,18,19). The number of nitrogens with zero attached hydrogens (tertiary/aromatic N) is 3. The number of nitrogens with one attached hydrogen (secondary N) is 2. The summed E-state index contributed by atoms with van der Waals surface area (Å²) in [6, 6.07) is 5.81. The maximum Gasteiger partial charge on any atom is 0.255 e. The number of benzene rings is 1. The molecular weight excluding hydrogens is 278 g/mol. The van der Waals surface area contributed by atoms with E-state index >= 15 is 0 Å². The Labute approximate surface area is 131 Å². The topological polar surface area (TPSA) is 64.3 Å². The maximum absolute atomic E-state index is 12.7. The van der Waals surface area contributed by atoms with Crippen molar-refractivity contribution in [2.75, 3.05) is 46.6 Å². The van der Waals surface area contributed by atoms with Crippen LogP contribution in [-0.4, -0.2) is 67.2 Å². The van der Waals surface area contributed by atoms with Crippen molar-refractivity contribution in [1.82, 2.24) is 20.0 Å². The Hall–Kier alpha value is -2.34. The van der Waals surface area contributed by atoms with Crippen LogP contribution in [0.5, 0.6) is 0 Å². The van der Waals surface area contributed by atoms with E-state index in [0.29, 0.717) is 12.1 Å². The fourth-order valence-corrected chi connectivity index (χ4v) is 2.18. The van der Waals surface area contributed by atoms with Gasteiger partial charge in [-0.05, 0) is 31.8 Å². The highest BCUT2D eigenvalue weighted by molar-refractivity contribution is 6.00. The second-order valence-electron chi connectivity index (χ2n) is 5.53. The molecule has 0 radical (unpaired) electrons. The molecule has 0 atom stereocenters. The lowest BCUT2D eigenvalue weighted by molar-refractivity contribution is 0.0787. The van der Waals surface area contributed by atoms with E-state index in [2.05, 4.69) is 20.4 Å². The van der Waals surface area contributed by atoms with Gasteiger partial charge in [0.15, 0.2) is 0 Å². The van der Waals surface area contributed by atoms with Crippen molar-refractivity contribution in [2.45, 2.75) is 0 Å². The molecule has 0 fully saturated rings. The minimum Gasteiger partial charge on any atom is -0.387 e. The summed E-state index contributed by atoms with van der Waals surface area (Å²) in [4.78, 5) is 16.5. The van der Waals surface area contributed by atoms with Crippen molar-refractivity contribution < 1.29 is 4.79 Å². The number of amides is 1. The van der Waals surface area contributed by atoms with Gasteiger partial charge in [-0.25, -0.2) is 0 Å². The van der Waals surface area contributed by atoms with Crippen LogP contribution in [0.3, 0.4) is 0 Å². The molecule has 1 aromatic heterocycles. The summed E-state index contributed by atoms with van der Waals surface area (Å²) >= 11 is 0. The molecule has 22 heavy (non-hydrogen) atoms. The van der Waals surface area contributed by atoms with Gasteiger partial charge in [0.2, 0.25) is 0 Å². The summed E-state index contributed by atoms with van der Waals surface area (Å²) in [6.07, 6.45) is 3.57. The first-order valence-electron chi connectivity index (χ1n) is 7.24. The second kappa shape index (κ2) is 7.09. The van der Waals surface area contributed by atoms with Gasteiger partial charge in [-0.3, -0.25) is 9.89 Å². The molecule has 0 aliphatic carbocycles. The second-order valence-corrected chi connectivity index (χ2v) is 5.53. The van der Waals surface area contributed by atoms with Gasteiger partial charge in [-0.2, -0.15) is 5.10 Å². The van der Waals surface area contributed by atoms with Gasteiger partial charge < -0.3 is 15.1 Å². The van der Waals surface area contributed by atoms with Crippen LogP contribution < -0.4 is 5.32 Å². The Morgan fingerprint density at radius 2 is 2.00 bits per heavy atom. The Morgan fingerprint density at radius 1 is 1.23 bits per heavy atom. The molecule has 2 N–H and O–H groups in total. The van der Waals surface area contributed by atoms with E-state index in [4.69, 9.17) is 0 Å². The van der Waals surface area contributed by atoms with Gasteiger partial charge in [0.05, 0.1) is 11.8 Å². The van der Waals surface area contributed by atoms with Crippen molar-refractivity contribution in [1.29, 1.82) is 0 Å². The molecule has 0 saturated heterocycles. The van der Waals surface area contributed by atoms with Crippen LogP contribution in [0.1, 0.15) is 10.4 Å². The minimum atomic E-state index is 0.0107. The molecule has 0 aliphatic heterocycles. The van der Waals surface area contributed by atoms with Gasteiger partial charge in [-0.1, -0.05) is 6.07 Å². The van der Waals surface area contributed by atoms with Crippen LogP contribution in [0.25, 0.3) is 11.1 Å². The third-order valence-corrected chi connectivity index (χ3v) is 3.58. The van der Waals surface area contributed by atoms with Crippen molar-refractivity contribution in [3.05, 3.63) is 36.2 Å². The van der Waals surface area contributed by atoms with Crippen LogP contribution in [-0.2, 0) is 0 Å². The van der Waals surface area contributed by atoms with Crippen LogP contribution in [0.2, 0.25) is 0 Å². The number of H-pyrrole nitrogens is 1. The number of hydrogen-bond acceptors (Lipinski definition) is 4. The lowest BCUT2D eigenvalue weighted by atomic mass is 10.0. The average molecular weight is 301 g/mol. The van der Waals surface area contributed by atoms with Crippen LogP contribution >= 0.6 is 0 Å². The first-order chi connectivity index (χ1) is 10.5. The predicted molar refractivity (Wildman–Crippen MR) is 89.1 cm³/mol. The van der Waals surface area contributed by atoms with E-state index in [1.807, 2.05) is 52.6 Å². The van der Waals surface area contributed by atoms with Crippen molar-refractivity contribution >= 4 is 11.6 Å². The van der Waals surface area contributed by atoms with Crippen molar-refractivity contribution in [3.8, 4) is 11.1 Å². The van der Waals surface area contributed by atoms with Gasteiger partial charge in [-0.15, -0.1) is 0 Å². The molecular formula is C16H23N5O. The van der Waals surface area contributed by atoms with Crippen molar-refractivity contribution in [3.63, 3.8) is 0 Å². The number of carbonyl (C=O) groups is 1. The number of carbonyl (C=O) groups excluding carboxylic acids is 1. The van der Waals surface area contributed by atoms with Crippen LogP contribution in [0, 0.1) is 0 Å². The Bertz CT molecular complexity index is 621. The molecule has 118 valence electrons. The van der Waals surface area contributed by atoms with Gasteiger partial charge in [0, 0.05) is 44.6 Å². The number of rotatable bonds is 6. The molecule has 0 bridgehead atoms. The smallest absolute Gasteiger partial charge is 0.255 e. The molecule has 1 amide bonds. The van der Waals surface area contributed by atoms with Crippen LogP contribution in [0.4, 0.5) is 5.69 Å². The highest BCUT2D eigenvalue weighted by Gasteiger charge is 2.16. The Kier molecular flexibility index (Phi) is 5.16. The minimum absolute atomic E-state index is 0.0107. The summed E-state index contributed by atoms with van der Waals surface area (Å²) in [7, 11) is 7.65. The summed E-state index contributed by atoms with van der Waals surface area (Å²) in [5.74, 6) is 0.0107. The quantitative estimate of drug-likeness (QED) is 0.853. The molecule has 0 spiro atoms. The number of hydrogen-bond donors (Lipinski definition) is 2. The van der Waals surface area contributed by atoms with E-state index in [1.54, 1.807) is 11.1 Å². The fraction of sp³-hybridized carbons (Fsp3) is 0.375. The number of anilines is 1. The zero-order valence-electron chi connectivity index (χ0n) is 13.6. The van der Waals surface area contributed by atoms with E-state index in [0.717, 1.165) is 23.4 Å². The maximum atomic E-state index is 12.7. The molecule has 2 rings (SSSR count). The summed E-state index contributed by atoms with van der Waals surface area (Å²) in [6.45, 7) is 1.52. The lowest BCUT2D eigenvalue weighted by Gasteiger charge is -2.21. The zero-order chi connectivity index (χ0) is 16.1.